The highest BCUT2D eigenvalue weighted by molar-refractivity contribution is 7.92. The van der Waals surface area contributed by atoms with E-state index in [2.05, 4.69) is 9.46 Å². The summed E-state index contributed by atoms with van der Waals surface area (Å²) in [5, 5.41) is 1.75. The zero-order valence-electron chi connectivity index (χ0n) is 15.2. The second-order valence-electron chi connectivity index (χ2n) is 5.76. The number of hydrogen-bond donors (Lipinski definition) is 1. The number of esters is 1. The van der Waals surface area contributed by atoms with Crippen LogP contribution < -0.4 is 9.46 Å². The van der Waals surface area contributed by atoms with Gasteiger partial charge in [0.15, 0.2) is 5.75 Å². The van der Waals surface area contributed by atoms with Crippen molar-refractivity contribution in [3.8, 4) is 16.2 Å². The van der Waals surface area contributed by atoms with Crippen LogP contribution in [0.5, 0.6) is 5.75 Å². The number of nitrogens with one attached hydrogen (secondary N) is 1. The van der Waals surface area contributed by atoms with Crippen molar-refractivity contribution in [3.63, 3.8) is 0 Å². The lowest BCUT2D eigenvalue weighted by atomic mass is 10.1. The summed E-state index contributed by atoms with van der Waals surface area (Å²) >= 11 is 7.50. The summed E-state index contributed by atoms with van der Waals surface area (Å²) in [6, 6.07) is 10.0. The highest BCUT2D eigenvalue weighted by Crippen LogP contribution is 2.36. The smallest absolute Gasteiger partial charge is 0.337 e. The minimum atomic E-state index is -4.35. The molecule has 29 heavy (non-hydrogen) atoms. The van der Waals surface area contributed by atoms with Crippen molar-refractivity contribution in [2.24, 2.45) is 0 Å². The van der Waals surface area contributed by atoms with E-state index in [4.69, 9.17) is 16.3 Å². The lowest BCUT2D eigenvalue weighted by molar-refractivity contribution is 0.0600. The van der Waals surface area contributed by atoms with Gasteiger partial charge in [-0.15, -0.1) is 11.3 Å². The van der Waals surface area contributed by atoms with E-state index < -0.39 is 26.7 Å². The van der Waals surface area contributed by atoms with Crippen LogP contribution in [0.25, 0.3) is 10.4 Å². The van der Waals surface area contributed by atoms with Crippen LogP contribution in [0.2, 0.25) is 5.02 Å². The molecule has 0 spiro atoms. The first-order chi connectivity index (χ1) is 13.8. The van der Waals surface area contributed by atoms with Gasteiger partial charge in [0.25, 0.3) is 10.0 Å². The third-order valence-corrected chi connectivity index (χ3v) is 6.51. The normalized spacial score (nSPS) is 11.2. The number of carbonyl (C=O) groups is 1. The predicted molar refractivity (Wildman–Crippen MR) is 110 cm³/mol. The van der Waals surface area contributed by atoms with E-state index >= 15 is 0 Å². The Morgan fingerprint density at radius 1 is 1.17 bits per heavy atom. The molecule has 3 rings (SSSR count). The Bertz CT molecular complexity index is 1160. The number of halogens is 2. The zero-order chi connectivity index (χ0) is 21.2. The third-order valence-electron chi connectivity index (χ3n) is 3.94. The lowest BCUT2D eigenvalue weighted by Gasteiger charge is -2.15. The Morgan fingerprint density at radius 3 is 2.55 bits per heavy atom. The van der Waals surface area contributed by atoms with Crippen molar-refractivity contribution in [2.75, 3.05) is 18.9 Å². The fourth-order valence-corrected chi connectivity index (χ4v) is 4.95. The van der Waals surface area contributed by atoms with E-state index in [1.807, 2.05) is 17.5 Å². The molecular weight excluding hydrogens is 441 g/mol. The molecule has 6 nitrogen and oxygen atoms in total. The molecule has 0 saturated heterocycles. The minimum absolute atomic E-state index is 0.0912. The van der Waals surface area contributed by atoms with Crippen molar-refractivity contribution >= 4 is 44.6 Å². The first-order valence-electron chi connectivity index (χ1n) is 8.09. The standard InChI is InChI=1S/C19H15ClFNO5S2/c1-26-18-13(20)8-12(19(23)27-2)10-17(18)29(24,25)22-15-9-11(5-6-14(15)21)16-4-3-7-28-16/h3-10,22H,1-2H3. The average Bonchev–Trinajstić information content (AvgIpc) is 3.23. The van der Waals surface area contributed by atoms with Gasteiger partial charge in [0.1, 0.15) is 10.7 Å². The van der Waals surface area contributed by atoms with Crippen LogP contribution in [-0.4, -0.2) is 28.6 Å². The van der Waals surface area contributed by atoms with E-state index in [0.29, 0.717) is 5.56 Å². The van der Waals surface area contributed by atoms with Gasteiger partial charge in [-0.25, -0.2) is 17.6 Å². The highest BCUT2D eigenvalue weighted by Gasteiger charge is 2.26. The third kappa shape index (κ3) is 4.36. The number of methoxy groups -OCH3 is 2. The number of thiophene rings is 1. The first kappa shape index (κ1) is 21.1. The maximum absolute atomic E-state index is 14.3. The molecule has 1 heterocycles. The molecule has 0 fully saturated rings. The summed E-state index contributed by atoms with van der Waals surface area (Å²) in [4.78, 5) is 12.3. The van der Waals surface area contributed by atoms with Crippen LogP contribution in [0.15, 0.2) is 52.7 Å². The number of hydrogen-bond acceptors (Lipinski definition) is 6. The number of benzene rings is 2. The van der Waals surface area contributed by atoms with Crippen LogP contribution in [0.4, 0.5) is 10.1 Å². The van der Waals surface area contributed by atoms with Gasteiger partial charge in [-0.05, 0) is 41.3 Å². The van der Waals surface area contributed by atoms with Crippen LogP contribution >= 0.6 is 22.9 Å². The van der Waals surface area contributed by atoms with Crippen LogP contribution in [0, 0.1) is 5.82 Å². The highest BCUT2D eigenvalue weighted by atomic mass is 35.5. The number of sulfonamides is 1. The molecule has 0 amide bonds. The molecule has 152 valence electrons. The molecular formula is C19H15ClFNO5S2. The average molecular weight is 456 g/mol. The summed E-state index contributed by atoms with van der Waals surface area (Å²) < 4.78 is 52.2. The lowest BCUT2D eigenvalue weighted by Crippen LogP contribution is -2.16. The van der Waals surface area contributed by atoms with Crippen LogP contribution in [0.1, 0.15) is 10.4 Å². The minimum Gasteiger partial charge on any atom is -0.494 e. The molecule has 2 aromatic carbocycles. The van der Waals surface area contributed by atoms with Gasteiger partial charge in [0.2, 0.25) is 0 Å². The zero-order valence-corrected chi connectivity index (χ0v) is 17.6. The van der Waals surface area contributed by atoms with E-state index in [9.17, 15) is 17.6 Å². The second kappa shape index (κ2) is 8.40. The van der Waals surface area contributed by atoms with Crippen molar-refractivity contribution in [2.45, 2.75) is 4.90 Å². The summed E-state index contributed by atoms with van der Waals surface area (Å²) in [5.41, 5.74) is 0.302. The van der Waals surface area contributed by atoms with E-state index in [-0.39, 0.29) is 22.0 Å². The maximum Gasteiger partial charge on any atom is 0.337 e. The van der Waals surface area contributed by atoms with Crippen LogP contribution in [-0.2, 0) is 14.8 Å². The quantitative estimate of drug-likeness (QED) is 0.540. The van der Waals surface area contributed by atoms with E-state index in [0.717, 1.165) is 18.1 Å². The molecule has 1 N–H and O–H groups in total. The topological polar surface area (TPSA) is 81.7 Å². The Balaban J connectivity index is 2.07. The fourth-order valence-electron chi connectivity index (χ4n) is 2.60. The Labute approximate surface area is 175 Å². The Kier molecular flexibility index (Phi) is 6.11. The summed E-state index contributed by atoms with van der Waals surface area (Å²) in [6.07, 6.45) is 0. The molecule has 10 heteroatoms. The Hall–Kier alpha value is -2.62. The van der Waals surface area contributed by atoms with Crippen molar-refractivity contribution < 1.29 is 27.1 Å². The van der Waals surface area contributed by atoms with Gasteiger partial charge < -0.3 is 9.47 Å². The largest absolute Gasteiger partial charge is 0.494 e. The first-order valence-corrected chi connectivity index (χ1v) is 10.8. The molecule has 0 saturated carbocycles. The van der Waals surface area contributed by atoms with Crippen molar-refractivity contribution in [1.82, 2.24) is 0 Å². The fraction of sp³-hybridized carbons (Fsp3) is 0.105. The SMILES string of the molecule is COC(=O)c1cc(Cl)c(OC)c(S(=O)(=O)Nc2cc(-c3cccs3)ccc2F)c1. The molecule has 0 unspecified atom stereocenters. The van der Waals surface area contributed by atoms with Gasteiger partial charge in [-0.3, -0.25) is 4.72 Å². The van der Waals surface area contributed by atoms with E-state index in [1.54, 1.807) is 6.07 Å². The molecule has 3 aromatic rings. The van der Waals surface area contributed by atoms with Crippen molar-refractivity contribution in [3.05, 3.63) is 64.2 Å². The predicted octanol–water partition coefficient (Wildman–Crippen LogP) is 4.80. The molecule has 0 radical (unpaired) electrons. The number of rotatable bonds is 6. The van der Waals surface area contributed by atoms with Crippen LogP contribution in [0.3, 0.4) is 0 Å². The number of anilines is 1. The molecule has 0 aliphatic rings. The molecule has 0 aliphatic heterocycles. The van der Waals surface area contributed by atoms with Gasteiger partial charge in [-0.2, -0.15) is 0 Å². The monoisotopic (exact) mass is 455 g/mol. The summed E-state index contributed by atoms with van der Waals surface area (Å²) in [5.74, 6) is -1.72. The van der Waals surface area contributed by atoms with Gasteiger partial charge in [0, 0.05) is 4.88 Å². The van der Waals surface area contributed by atoms with Crippen molar-refractivity contribution in [1.29, 1.82) is 0 Å². The van der Waals surface area contributed by atoms with Gasteiger partial charge in [0.05, 0.1) is 30.5 Å². The summed E-state index contributed by atoms with van der Waals surface area (Å²) in [6.45, 7) is 0. The van der Waals surface area contributed by atoms with E-state index in [1.165, 1.54) is 36.6 Å². The second-order valence-corrected chi connectivity index (χ2v) is 8.76. The molecule has 1 aromatic heterocycles. The molecule has 0 atom stereocenters. The van der Waals surface area contributed by atoms with Gasteiger partial charge in [-0.1, -0.05) is 23.7 Å². The molecule has 0 bridgehead atoms. The maximum atomic E-state index is 14.3. The summed E-state index contributed by atoms with van der Waals surface area (Å²) in [7, 11) is -1.97. The number of ether oxygens (including phenoxy) is 2. The molecule has 0 aliphatic carbocycles. The Morgan fingerprint density at radius 2 is 1.93 bits per heavy atom. The number of carbonyl (C=O) groups excluding carboxylic acids is 1. The van der Waals surface area contributed by atoms with Gasteiger partial charge >= 0.3 is 5.97 Å².